The first-order chi connectivity index (χ1) is 13.0. The highest BCUT2D eigenvalue weighted by molar-refractivity contribution is 7.99. The molecule has 1 atom stereocenters. The minimum atomic E-state index is -0.632. The number of aryl methyl sites for hydroxylation is 1. The van der Waals surface area contributed by atoms with Crippen molar-refractivity contribution in [1.82, 2.24) is 25.4 Å². The molecule has 1 aliphatic heterocycles. The number of methoxy groups -OCH3 is 2. The van der Waals surface area contributed by atoms with Gasteiger partial charge in [0.2, 0.25) is 0 Å². The van der Waals surface area contributed by atoms with E-state index in [-0.39, 0.29) is 0 Å². The van der Waals surface area contributed by atoms with Crippen molar-refractivity contribution in [2.45, 2.75) is 11.2 Å². The Morgan fingerprint density at radius 1 is 1.30 bits per heavy atom. The zero-order chi connectivity index (χ0) is 19.4. The van der Waals surface area contributed by atoms with Crippen molar-refractivity contribution in [1.29, 1.82) is 0 Å². The van der Waals surface area contributed by atoms with Gasteiger partial charge < -0.3 is 20.1 Å². The Morgan fingerprint density at radius 3 is 2.63 bits per heavy atom. The number of carbonyl (C=O) groups is 2. The highest BCUT2D eigenvalue weighted by Crippen LogP contribution is 2.30. The van der Waals surface area contributed by atoms with Crippen molar-refractivity contribution in [2.75, 3.05) is 20.0 Å². The Hall–Kier alpha value is -3.01. The summed E-state index contributed by atoms with van der Waals surface area (Å²) in [7, 11) is 4.65. The maximum Gasteiger partial charge on any atom is 0.338 e. The molecule has 2 amide bonds. The van der Waals surface area contributed by atoms with Crippen LogP contribution in [0.25, 0.3) is 0 Å². The molecule has 0 saturated heterocycles. The molecule has 1 aliphatic rings. The van der Waals surface area contributed by atoms with Gasteiger partial charge in [-0.1, -0.05) is 23.9 Å². The monoisotopic (exact) mass is 389 g/mol. The predicted octanol–water partition coefficient (Wildman–Crippen LogP) is 1.40. The molecule has 2 N–H and O–H groups in total. The topological polar surface area (TPSA) is 107 Å². The van der Waals surface area contributed by atoms with Crippen molar-refractivity contribution in [3.05, 3.63) is 47.4 Å². The summed E-state index contributed by atoms with van der Waals surface area (Å²) in [6.07, 6.45) is 1.44. The summed E-state index contributed by atoms with van der Waals surface area (Å²) in [6, 6.07) is 6.11. The molecular formula is C17H19N5O4S. The molecule has 1 aromatic carbocycles. The van der Waals surface area contributed by atoms with E-state index >= 15 is 0 Å². The predicted molar refractivity (Wildman–Crippen MR) is 98.2 cm³/mol. The second-order valence-corrected chi connectivity index (χ2v) is 6.59. The normalized spacial score (nSPS) is 16.6. The molecule has 0 aliphatic carbocycles. The van der Waals surface area contributed by atoms with Gasteiger partial charge in [-0.05, 0) is 17.7 Å². The average molecular weight is 389 g/mol. The van der Waals surface area contributed by atoms with Gasteiger partial charge in [0, 0.05) is 18.5 Å². The van der Waals surface area contributed by atoms with Gasteiger partial charge in [-0.3, -0.25) is 0 Å². The molecule has 0 bridgehead atoms. The molecule has 0 radical (unpaired) electrons. The number of hydrogen-bond donors (Lipinski definition) is 2. The Kier molecular flexibility index (Phi) is 5.65. The summed E-state index contributed by atoms with van der Waals surface area (Å²) in [4.78, 5) is 28.8. The Balaban J connectivity index is 1.96. The summed E-state index contributed by atoms with van der Waals surface area (Å²) in [6.45, 7) is 0. The van der Waals surface area contributed by atoms with E-state index in [9.17, 15) is 9.59 Å². The lowest BCUT2D eigenvalue weighted by molar-refractivity contribution is -0.136. The van der Waals surface area contributed by atoms with Crippen LogP contribution in [0.5, 0.6) is 5.75 Å². The summed E-state index contributed by atoms with van der Waals surface area (Å²) < 4.78 is 11.7. The number of hydrogen-bond acceptors (Lipinski definition) is 7. The molecule has 3 rings (SSSR count). The van der Waals surface area contributed by atoms with Crippen LogP contribution in [0, 0.1) is 0 Å². The smallest absolute Gasteiger partial charge is 0.338 e. The Bertz CT molecular complexity index is 878. The van der Waals surface area contributed by atoms with Crippen molar-refractivity contribution in [3.63, 3.8) is 0 Å². The van der Waals surface area contributed by atoms with Gasteiger partial charge in [0.1, 0.15) is 12.1 Å². The SMILES string of the molecule is COC(=O)C1=C(CSc2ncnn2C)NC(=O)NC1c1ccc(OC)cc1. The standard InChI is InChI=1S/C17H19N5O4S/c1-22-17(18-9-19-22)27-8-12-13(15(23)26-3)14(21-16(24)20-12)10-4-6-11(25-2)7-5-10/h4-7,9,14H,8H2,1-3H3,(H2,20,21,24). The third-order valence-electron chi connectivity index (χ3n) is 4.02. The van der Waals surface area contributed by atoms with Crippen LogP contribution in [0.2, 0.25) is 0 Å². The lowest BCUT2D eigenvalue weighted by atomic mass is 9.95. The van der Waals surface area contributed by atoms with E-state index in [0.717, 1.165) is 5.56 Å². The second-order valence-electron chi connectivity index (χ2n) is 5.64. The average Bonchev–Trinajstić information content (AvgIpc) is 3.10. The first-order valence-electron chi connectivity index (χ1n) is 8.03. The lowest BCUT2D eigenvalue weighted by Gasteiger charge is -2.29. The number of urea groups is 1. The van der Waals surface area contributed by atoms with E-state index in [4.69, 9.17) is 9.47 Å². The highest BCUT2D eigenvalue weighted by atomic mass is 32.2. The third-order valence-corrected chi connectivity index (χ3v) is 5.08. The first kappa shape index (κ1) is 18.8. The van der Waals surface area contributed by atoms with Crippen LogP contribution in [-0.4, -0.2) is 46.7 Å². The molecule has 27 heavy (non-hydrogen) atoms. The van der Waals surface area contributed by atoms with Crippen molar-refractivity contribution >= 4 is 23.8 Å². The van der Waals surface area contributed by atoms with E-state index in [1.807, 2.05) is 0 Å². The van der Waals surface area contributed by atoms with Gasteiger partial charge in [-0.25, -0.2) is 19.3 Å². The quantitative estimate of drug-likeness (QED) is 0.568. The number of amides is 2. The van der Waals surface area contributed by atoms with Gasteiger partial charge in [0.25, 0.3) is 0 Å². The fourth-order valence-electron chi connectivity index (χ4n) is 2.68. The van der Waals surface area contributed by atoms with Crippen molar-refractivity contribution in [3.8, 4) is 5.75 Å². The fourth-order valence-corrected chi connectivity index (χ4v) is 3.54. The Labute approximate surface area is 160 Å². The molecule has 0 saturated carbocycles. The highest BCUT2D eigenvalue weighted by Gasteiger charge is 2.33. The third kappa shape index (κ3) is 4.05. The number of thioether (sulfide) groups is 1. The van der Waals surface area contributed by atoms with Gasteiger partial charge in [-0.2, -0.15) is 5.10 Å². The minimum absolute atomic E-state index is 0.330. The maximum absolute atomic E-state index is 12.5. The van der Waals surface area contributed by atoms with Crippen LogP contribution in [0.3, 0.4) is 0 Å². The minimum Gasteiger partial charge on any atom is -0.497 e. The number of ether oxygens (including phenoxy) is 2. The summed E-state index contributed by atoms with van der Waals surface area (Å²) in [5, 5.41) is 10.2. The van der Waals surface area contributed by atoms with Crippen molar-refractivity contribution < 1.29 is 19.1 Å². The zero-order valence-electron chi connectivity index (χ0n) is 15.1. The number of benzene rings is 1. The maximum atomic E-state index is 12.5. The summed E-state index contributed by atoms with van der Waals surface area (Å²) in [5.74, 6) is 0.495. The fraction of sp³-hybridized carbons (Fsp3) is 0.294. The molecular weight excluding hydrogens is 370 g/mol. The van der Waals surface area contributed by atoms with Crippen molar-refractivity contribution in [2.24, 2.45) is 7.05 Å². The number of nitrogens with zero attached hydrogens (tertiary/aromatic N) is 3. The van der Waals surface area contributed by atoms with E-state index < -0.39 is 18.0 Å². The molecule has 0 fully saturated rings. The van der Waals surface area contributed by atoms with E-state index in [1.165, 1.54) is 25.2 Å². The van der Waals surface area contributed by atoms with Gasteiger partial charge >= 0.3 is 12.0 Å². The number of nitrogens with one attached hydrogen (secondary N) is 2. The van der Waals surface area contributed by atoms with E-state index in [2.05, 4.69) is 20.7 Å². The molecule has 2 heterocycles. The van der Waals surface area contributed by atoms with E-state index in [0.29, 0.717) is 27.9 Å². The number of carbonyl (C=O) groups excluding carboxylic acids is 2. The molecule has 0 spiro atoms. The summed E-state index contributed by atoms with van der Waals surface area (Å²) in [5.41, 5.74) is 1.56. The molecule has 1 unspecified atom stereocenters. The number of aromatic nitrogens is 3. The molecule has 1 aromatic heterocycles. The Morgan fingerprint density at radius 2 is 2.04 bits per heavy atom. The van der Waals surface area contributed by atoms with Crippen LogP contribution in [0.15, 0.2) is 47.0 Å². The molecule has 9 nitrogen and oxygen atoms in total. The number of esters is 1. The van der Waals surface area contributed by atoms with Crippen LogP contribution >= 0.6 is 11.8 Å². The summed E-state index contributed by atoms with van der Waals surface area (Å²) >= 11 is 1.36. The van der Waals surface area contributed by atoms with Crippen LogP contribution in [-0.2, 0) is 16.6 Å². The largest absolute Gasteiger partial charge is 0.497 e. The molecule has 142 valence electrons. The van der Waals surface area contributed by atoms with Gasteiger partial charge in [0.15, 0.2) is 5.16 Å². The van der Waals surface area contributed by atoms with Crippen LogP contribution in [0.4, 0.5) is 4.79 Å². The first-order valence-corrected chi connectivity index (χ1v) is 9.01. The lowest BCUT2D eigenvalue weighted by Crippen LogP contribution is -2.46. The second kappa shape index (κ2) is 8.12. The van der Waals surface area contributed by atoms with E-state index in [1.54, 1.807) is 43.1 Å². The zero-order valence-corrected chi connectivity index (χ0v) is 15.9. The molecule has 10 heteroatoms. The van der Waals surface area contributed by atoms with Crippen LogP contribution in [0.1, 0.15) is 11.6 Å². The molecule has 2 aromatic rings. The van der Waals surface area contributed by atoms with Crippen LogP contribution < -0.4 is 15.4 Å². The van der Waals surface area contributed by atoms with Gasteiger partial charge in [0.05, 0.1) is 25.8 Å². The van der Waals surface area contributed by atoms with Gasteiger partial charge in [-0.15, -0.1) is 0 Å². The number of rotatable bonds is 6.